The number of H-pyrrole nitrogens is 2. The molecule has 1 aliphatic carbocycles. The van der Waals surface area contributed by atoms with Crippen LogP contribution in [0.1, 0.15) is 47.3 Å². The first-order valence-corrected chi connectivity index (χ1v) is 8.82. The van der Waals surface area contributed by atoms with Crippen LogP contribution in [-0.4, -0.2) is 68.0 Å². The van der Waals surface area contributed by atoms with Crippen LogP contribution in [0.3, 0.4) is 0 Å². The van der Waals surface area contributed by atoms with Crippen molar-refractivity contribution in [3.05, 3.63) is 35.7 Å². The molecule has 4 rings (SSSR count). The molecule has 1 saturated heterocycles. The Bertz CT molecular complexity index is 749. The summed E-state index contributed by atoms with van der Waals surface area (Å²) in [6.45, 7) is 2.43. The molecular weight excluding hydrogens is 320 g/mol. The minimum Gasteiger partial charge on any atom is -0.357 e. The maximum absolute atomic E-state index is 12.5. The summed E-state index contributed by atoms with van der Waals surface area (Å²) in [5, 5.41) is 7.08. The molecule has 8 heteroatoms. The minimum atomic E-state index is -0.0105. The summed E-state index contributed by atoms with van der Waals surface area (Å²) in [6, 6.07) is 3.59. The van der Waals surface area contributed by atoms with Crippen molar-refractivity contribution in [3.63, 3.8) is 0 Å². The molecule has 2 aromatic heterocycles. The van der Waals surface area contributed by atoms with E-state index in [2.05, 4.69) is 20.2 Å². The SMILES string of the molecule is O=C(Cc1nc(C2CC2)n[nH]1)N1CCCN(C(=O)c2ccc[nH]2)CC1. The lowest BCUT2D eigenvalue weighted by Crippen LogP contribution is -2.38. The van der Waals surface area contributed by atoms with Gasteiger partial charge in [-0.2, -0.15) is 5.10 Å². The Morgan fingerprint density at radius 3 is 2.72 bits per heavy atom. The molecule has 1 saturated carbocycles. The van der Waals surface area contributed by atoms with Crippen molar-refractivity contribution >= 4 is 11.8 Å². The van der Waals surface area contributed by atoms with Crippen LogP contribution in [0.5, 0.6) is 0 Å². The van der Waals surface area contributed by atoms with Gasteiger partial charge >= 0.3 is 0 Å². The zero-order chi connectivity index (χ0) is 17.2. The van der Waals surface area contributed by atoms with Crippen LogP contribution >= 0.6 is 0 Å². The summed E-state index contributed by atoms with van der Waals surface area (Å²) < 4.78 is 0. The van der Waals surface area contributed by atoms with E-state index in [1.165, 1.54) is 0 Å². The summed E-state index contributed by atoms with van der Waals surface area (Å²) >= 11 is 0. The lowest BCUT2D eigenvalue weighted by atomic mass is 10.3. The highest BCUT2D eigenvalue weighted by molar-refractivity contribution is 5.92. The normalized spacial score (nSPS) is 18.2. The fourth-order valence-electron chi connectivity index (χ4n) is 3.17. The Balaban J connectivity index is 1.33. The van der Waals surface area contributed by atoms with E-state index in [9.17, 15) is 9.59 Å². The lowest BCUT2D eigenvalue weighted by Gasteiger charge is -2.21. The third kappa shape index (κ3) is 3.57. The predicted octanol–water partition coefficient (Wildman–Crippen LogP) is 0.927. The molecule has 3 heterocycles. The fourth-order valence-corrected chi connectivity index (χ4v) is 3.17. The molecule has 2 aromatic rings. The highest BCUT2D eigenvalue weighted by Gasteiger charge is 2.28. The Hall–Kier alpha value is -2.64. The summed E-state index contributed by atoms with van der Waals surface area (Å²) in [4.78, 5) is 36.0. The van der Waals surface area contributed by atoms with Gasteiger partial charge in [-0.25, -0.2) is 4.98 Å². The van der Waals surface area contributed by atoms with Crippen molar-refractivity contribution in [2.75, 3.05) is 26.2 Å². The third-order valence-electron chi connectivity index (χ3n) is 4.77. The summed E-state index contributed by atoms with van der Waals surface area (Å²) in [5.74, 6) is 1.97. The second kappa shape index (κ2) is 6.70. The van der Waals surface area contributed by atoms with Gasteiger partial charge in [-0.3, -0.25) is 14.7 Å². The highest BCUT2D eigenvalue weighted by atomic mass is 16.2. The Morgan fingerprint density at radius 2 is 1.96 bits per heavy atom. The molecule has 2 amide bonds. The molecule has 8 nitrogen and oxygen atoms in total. The number of carbonyl (C=O) groups is 2. The van der Waals surface area contributed by atoms with Gasteiger partial charge in [-0.05, 0) is 31.4 Å². The van der Waals surface area contributed by atoms with E-state index < -0.39 is 0 Å². The van der Waals surface area contributed by atoms with E-state index in [0.29, 0.717) is 43.6 Å². The molecule has 2 N–H and O–H groups in total. The number of rotatable bonds is 4. The van der Waals surface area contributed by atoms with Crippen LogP contribution < -0.4 is 0 Å². The molecule has 0 bridgehead atoms. The molecule has 0 spiro atoms. The summed E-state index contributed by atoms with van der Waals surface area (Å²) in [6.07, 6.45) is 5.05. The largest absolute Gasteiger partial charge is 0.357 e. The molecule has 0 radical (unpaired) electrons. The Labute approximate surface area is 145 Å². The van der Waals surface area contributed by atoms with E-state index >= 15 is 0 Å². The van der Waals surface area contributed by atoms with Crippen molar-refractivity contribution < 1.29 is 9.59 Å². The summed E-state index contributed by atoms with van der Waals surface area (Å²) in [5.41, 5.74) is 0.592. The molecule has 0 unspecified atom stereocenters. The van der Waals surface area contributed by atoms with E-state index in [1.54, 1.807) is 17.2 Å². The topological polar surface area (TPSA) is 98.0 Å². The number of nitrogens with zero attached hydrogens (tertiary/aromatic N) is 4. The number of hydrogen-bond donors (Lipinski definition) is 2. The van der Waals surface area contributed by atoms with Crippen LogP contribution in [-0.2, 0) is 11.2 Å². The van der Waals surface area contributed by atoms with Gasteiger partial charge in [0.15, 0.2) is 5.82 Å². The standard InChI is InChI=1S/C17H22N6O2/c24-15(11-14-19-16(21-20-14)12-4-5-12)22-7-2-8-23(10-9-22)17(25)13-3-1-6-18-13/h1,3,6,12,18H,2,4-5,7-11H2,(H,19,20,21). The molecule has 2 aliphatic rings. The third-order valence-corrected chi connectivity index (χ3v) is 4.77. The zero-order valence-corrected chi connectivity index (χ0v) is 14.1. The van der Waals surface area contributed by atoms with Gasteiger partial charge in [0.1, 0.15) is 11.5 Å². The molecule has 1 aliphatic heterocycles. The average Bonchev–Trinajstić information content (AvgIpc) is 3.21. The van der Waals surface area contributed by atoms with Crippen molar-refractivity contribution in [2.24, 2.45) is 0 Å². The molecule has 0 aromatic carbocycles. The van der Waals surface area contributed by atoms with E-state index in [0.717, 1.165) is 25.1 Å². The van der Waals surface area contributed by atoms with Gasteiger partial charge in [0.25, 0.3) is 5.91 Å². The Morgan fingerprint density at radius 1 is 1.16 bits per heavy atom. The van der Waals surface area contributed by atoms with Gasteiger partial charge < -0.3 is 14.8 Å². The molecule has 25 heavy (non-hydrogen) atoms. The number of aromatic nitrogens is 4. The van der Waals surface area contributed by atoms with Gasteiger partial charge in [-0.15, -0.1) is 0 Å². The van der Waals surface area contributed by atoms with E-state index in [4.69, 9.17) is 0 Å². The van der Waals surface area contributed by atoms with Crippen molar-refractivity contribution in [1.82, 2.24) is 30.0 Å². The van der Waals surface area contributed by atoms with Crippen LogP contribution in [0.2, 0.25) is 0 Å². The molecule has 132 valence electrons. The predicted molar refractivity (Wildman–Crippen MR) is 90.0 cm³/mol. The first kappa shape index (κ1) is 15.9. The van der Waals surface area contributed by atoms with Gasteiger partial charge in [0.05, 0.1) is 6.42 Å². The number of nitrogens with one attached hydrogen (secondary N) is 2. The zero-order valence-electron chi connectivity index (χ0n) is 14.1. The first-order chi connectivity index (χ1) is 12.2. The van der Waals surface area contributed by atoms with E-state index in [1.807, 2.05) is 11.0 Å². The second-order valence-corrected chi connectivity index (χ2v) is 6.70. The molecule has 2 fully saturated rings. The van der Waals surface area contributed by atoms with Crippen molar-refractivity contribution in [3.8, 4) is 0 Å². The maximum atomic E-state index is 12.5. The summed E-state index contributed by atoms with van der Waals surface area (Å²) in [7, 11) is 0. The first-order valence-electron chi connectivity index (χ1n) is 8.82. The Kier molecular flexibility index (Phi) is 4.25. The molecular formula is C17H22N6O2. The quantitative estimate of drug-likeness (QED) is 0.863. The van der Waals surface area contributed by atoms with Crippen molar-refractivity contribution in [2.45, 2.75) is 31.6 Å². The number of aromatic amines is 2. The minimum absolute atomic E-state index is 0.0105. The fraction of sp³-hybridized carbons (Fsp3) is 0.529. The highest BCUT2D eigenvalue weighted by Crippen LogP contribution is 2.37. The average molecular weight is 342 g/mol. The second-order valence-electron chi connectivity index (χ2n) is 6.70. The monoisotopic (exact) mass is 342 g/mol. The van der Waals surface area contributed by atoms with Crippen LogP contribution in [0, 0.1) is 0 Å². The van der Waals surface area contributed by atoms with Gasteiger partial charge in [0, 0.05) is 38.3 Å². The molecule has 0 atom stereocenters. The number of carbonyl (C=O) groups excluding carboxylic acids is 2. The maximum Gasteiger partial charge on any atom is 0.270 e. The van der Waals surface area contributed by atoms with Gasteiger partial charge in [0.2, 0.25) is 5.91 Å². The lowest BCUT2D eigenvalue weighted by molar-refractivity contribution is -0.130. The number of amides is 2. The van der Waals surface area contributed by atoms with Crippen LogP contribution in [0.4, 0.5) is 0 Å². The van der Waals surface area contributed by atoms with Gasteiger partial charge in [-0.1, -0.05) is 0 Å². The van der Waals surface area contributed by atoms with E-state index in [-0.39, 0.29) is 18.2 Å². The van der Waals surface area contributed by atoms with Crippen LogP contribution in [0.25, 0.3) is 0 Å². The smallest absolute Gasteiger partial charge is 0.270 e. The number of hydrogen-bond acceptors (Lipinski definition) is 4. The van der Waals surface area contributed by atoms with Crippen molar-refractivity contribution in [1.29, 1.82) is 0 Å². The van der Waals surface area contributed by atoms with Crippen LogP contribution in [0.15, 0.2) is 18.3 Å².